The first-order chi connectivity index (χ1) is 11.9. The van der Waals surface area contributed by atoms with Crippen LogP contribution in [0.3, 0.4) is 0 Å². The molecule has 0 saturated heterocycles. The Morgan fingerprint density at radius 3 is 2.68 bits per heavy atom. The maximum atomic E-state index is 5.66. The summed E-state index contributed by atoms with van der Waals surface area (Å²) < 4.78 is 11.1. The number of aromatic nitrogens is 1. The molecule has 4 heteroatoms. The molecule has 0 bridgehead atoms. The lowest BCUT2D eigenvalue weighted by molar-refractivity contribution is 0.150. The first kappa shape index (κ1) is 18.0. The molecule has 0 radical (unpaired) electrons. The minimum atomic E-state index is 0.423. The average molecular weight is 342 g/mol. The van der Waals surface area contributed by atoms with Crippen LogP contribution in [0.2, 0.25) is 0 Å². The van der Waals surface area contributed by atoms with Crippen molar-refractivity contribution in [2.75, 3.05) is 6.61 Å². The second-order valence-electron chi connectivity index (χ2n) is 8.09. The van der Waals surface area contributed by atoms with Gasteiger partial charge >= 0.3 is 0 Å². The van der Waals surface area contributed by atoms with Crippen molar-refractivity contribution in [2.24, 2.45) is 11.3 Å². The third-order valence-electron chi connectivity index (χ3n) is 4.92. The van der Waals surface area contributed by atoms with Crippen LogP contribution in [-0.4, -0.2) is 17.6 Å². The van der Waals surface area contributed by atoms with Gasteiger partial charge in [0, 0.05) is 18.2 Å². The van der Waals surface area contributed by atoms with Crippen LogP contribution in [0.4, 0.5) is 0 Å². The zero-order valence-electron chi connectivity index (χ0n) is 15.8. The first-order valence-electron chi connectivity index (χ1n) is 9.36. The molecule has 1 heterocycles. The van der Waals surface area contributed by atoms with Crippen LogP contribution in [0, 0.1) is 11.3 Å². The topological polar surface area (TPSA) is 47.3 Å². The maximum Gasteiger partial charge on any atom is 0.226 e. The zero-order chi connectivity index (χ0) is 17.9. The van der Waals surface area contributed by atoms with E-state index in [0.717, 1.165) is 29.5 Å². The molecule has 4 nitrogen and oxygen atoms in total. The summed E-state index contributed by atoms with van der Waals surface area (Å²) in [5, 5.41) is 3.67. The van der Waals surface area contributed by atoms with Crippen LogP contribution in [0.1, 0.15) is 52.7 Å². The molecule has 136 valence electrons. The lowest BCUT2D eigenvalue weighted by Crippen LogP contribution is -2.39. The first-order valence-corrected chi connectivity index (χ1v) is 9.36. The van der Waals surface area contributed by atoms with Gasteiger partial charge in [-0.15, -0.1) is 0 Å². The quantitative estimate of drug-likeness (QED) is 0.798. The lowest BCUT2D eigenvalue weighted by atomic mass is 9.70. The number of benzene rings is 1. The number of rotatable bonds is 6. The molecule has 0 amide bonds. The van der Waals surface area contributed by atoms with E-state index in [9.17, 15) is 0 Å². The van der Waals surface area contributed by atoms with Gasteiger partial charge in [-0.3, -0.25) is 0 Å². The minimum absolute atomic E-state index is 0.423. The van der Waals surface area contributed by atoms with Crippen LogP contribution in [0.15, 0.2) is 34.9 Å². The van der Waals surface area contributed by atoms with Crippen molar-refractivity contribution in [1.29, 1.82) is 0 Å². The molecular formula is C21H30N2O2. The molecule has 0 spiro atoms. The number of hydrogen-bond acceptors (Lipinski definition) is 4. The van der Waals surface area contributed by atoms with Gasteiger partial charge in [0.25, 0.3) is 0 Å². The summed E-state index contributed by atoms with van der Waals surface area (Å²) in [6.45, 7) is 10.5. The van der Waals surface area contributed by atoms with Crippen LogP contribution >= 0.6 is 0 Å². The predicted octanol–water partition coefficient (Wildman–Crippen LogP) is 5.04. The van der Waals surface area contributed by atoms with Crippen molar-refractivity contribution in [3.05, 3.63) is 36.2 Å². The maximum absolute atomic E-state index is 5.66. The zero-order valence-corrected chi connectivity index (χ0v) is 15.8. The molecular weight excluding hydrogens is 312 g/mol. The normalized spacial score (nSPS) is 22.7. The number of nitrogens with one attached hydrogen (secondary N) is 1. The molecule has 2 atom stereocenters. The molecule has 2 aromatic rings. The number of nitrogens with zero attached hydrogens (tertiary/aromatic N) is 1. The van der Waals surface area contributed by atoms with E-state index >= 15 is 0 Å². The number of ether oxygens (including phenoxy) is 1. The number of oxazole rings is 1. The fraction of sp³-hybridized carbons (Fsp3) is 0.571. The molecule has 1 fully saturated rings. The molecule has 0 aliphatic heterocycles. The lowest BCUT2D eigenvalue weighted by Gasteiger charge is -2.39. The van der Waals surface area contributed by atoms with E-state index in [1.807, 2.05) is 31.2 Å². The van der Waals surface area contributed by atoms with Gasteiger partial charge in [0.2, 0.25) is 5.89 Å². The fourth-order valence-corrected chi connectivity index (χ4v) is 4.13. The van der Waals surface area contributed by atoms with Gasteiger partial charge in [-0.25, -0.2) is 4.98 Å². The smallest absolute Gasteiger partial charge is 0.226 e. The standard InChI is InChI=1S/C21H30N2O2/c1-5-24-19-8-6-16(7-9-19)20-23-18(14-25-20)13-22-17-10-15(2)11-21(3,4)12-17/h6-9,14-15,17,22H,5,10-13H2,1-4H3. The van der Waals surface area contributed by atoms with E-state index in [4.69, 9.17) is 9.15 Å². The summed E-state index contributed by atoms with van der Waals surface area (Å²) in [6.07, 6.45) is 5.54. The minimum Gasteiger partial charge on any atom is -0.494 e. The Morgan fingerprint density at radius 2 is 2.00 bits per heavy atom. The number of hydrogen-bond donors (Lipinski definition) is 1. The molecule has 1 aromatic carbocycles. The molecule has 1 N–H and O–H groups in total. The van der Waals surface area contributed by atoms with Crippen LogP contribution in [0.25, 0.3) is 11.5 Å². The van der Waals surface area contributed by atoms with Crippen molar-refractivity contribution >= 4 is 0 Å². The Kier molecular flexibility index (Phi) is 5.48. The van der Waals surface area contributed by atoms with Crippen molar-refractivity contribution in [1.82, 2.24) is 10.3 Å². The van der Waals surface area contributed by atoms with E-state index in [0.29, 0.717) is 24.0 Å². The van der Waals surface area contributed by atoms with Crippen molar-refractivity contribution < 1.29 is 9.15 Å². The van der Waals surface area contributed by atoms with E-state index in [1.54, 1.807) is 6.26 Å². The summed E-state index contributed by atoms with van der Waals surface area (Å²) in [5.41, 5.74) is 2.36. The molecule has 3 rings (SSSR count). The Morgan fingerprint density at radius 1 is 1.24 bits per heavy atom. The Labute approximate surface area is 151 Å². The molecule has 1 aliphatic rings. The summed E-state index contributed by atoms with van der Waals surface area (Å²) in [6, 6.07) is 8.43. The van der Waals surface area contributed by atoms with Gasteiger partial charge in [-0.2, -0.15) is 0 Å². The van der Waals surface area contributed by atoms with Crippen LogP contribution in [0.5, 0.6) is 5.75 Å². The average Bonchev–Trinajstić information content (AvgIpc) is 3.01. The van der Waals surface area contributed by atoms with Gasteiger partial charge in [-0.05, 0) is 61.8 Å². The highest BCUT2D eigenvalue weighted by molar-refractivity contribution is 5.54. The van der Waals surface area contributed by atoms with Crippen molar-refractivity contribution in [3.8, 4) is 17.2 Å². The second kappa shape index (κ2) is 7.61. The highest BCUT2D eigenvalue weighted by Crippen LogP contribution is 2.38. The van der Waals surface area contributed by atoms with Crippen molar-refractivity contribution in [2.45, 2.75) is 59.5 Å². The molecule has 1 aliphatic carbocycles. The predicted molar refractivity (Wildman–Crippen MR) is 101 cm³/mol. The Bertz CT molecular complexity index is 675. The monoisotopic (exact) mass is 342 g/mol. The van der Waals surface area contributed by atoms with E-state index < -0.39 is 0 Å². The molecule has 1 aromatic heterocycles. The SMILES string of the molecule is CCOc1ccc(-c2nc(CNC3CC(C)CC(C)(C)C3)co2)cc1. The van der Waals surface area contributed by atoms with Crippen LogP contribution < -0.4 is 10.1 Å². The van der Waals surface area contributed by atoms with Gasteiger partial charge < -0.3 is 14.5 Å². The molecule has 25 heavy (non-hydrogen) atoms. The Balaban J connectivity index is 1.58. The van der Waals surface area contributed by atoms with E-state index in [-0.39, 0.29) is 0 Å². The fourth-order valence-electron chi connectivity index (χ4n) is 4.13. The summed E-state index contributed by atoms with van der Waals surface area (Å²) >= 11 is 0. The van der Waals surface area contributed by atoms with Gasteiger partial charge in [0.1, 0.15) is 12.0 Å². The third-order valence-corrected chi connectivity index (χ3v) is 4.92. The molecule has 1 saturated carbocycles. The van der Waals surface area contributed by atoms with Gasteiger partial charge in [0.15, 0.2) is 0 Å². The van der Waals surface area contributed by atoms with Gasteiger partial charge in [0.05, 0.1) is 12.3 Å². The highest BCUT2D eigenvalue weighted by atomic mass is 16.5. The van der Waals surface area contributed by atoms with Crippen molar-refractivity contribution in [3.63, 3.8) is 0 Å². The van der Waals surface area contributed by atoms with E-state index in [1.165, 1.54) is 19.3 Å². The van der Waals surface area contributed by atoms with Crippen LogP contribution in [-0.2, 0) is 6.54 Å². The summed E-state index contributed by atoms with van der Waals surface area (Å²) in [4.78, 5) is 4.63. The third kappa shape index (κ3) is 4.85. The largest absolute Gasteiger partial charge is 0.494 e. The van der Waals surface area contributed by atoms with Gasteiger partial charge in [-0.1, -0.05) is 20.8 Å². The van der Waals surface area contributed by atoms with E-state index in [2.05, 4.69) is 31.1 Å². The summed E-state index contributed by atoms with van der Waals surface area (Å²) in [5.74, 6) is 2.31. The molecule has 2 unspecified atom stereocenters. The Hall–Kier alpha value is -1.81. The highest BCUT2D eigenvalue weighted by Gasteiger charge is 2.31. The second-order valence-corrected chi connectivity index (χ2v) is 8.09. The summed E-state index contributed by atoms with van der Waals surface area (Å²) in [7, 11) is 0.